The van der Waals surface area contributed by atoms with E-state index in [2.05, 4.69) is 11.1 Å². The molecule has 24 heavy (non-hydrogen) atoms. The molecule has 5 heteroatoms. The second-order valence-electron chi connectivity index (χ2n) is 5.90. The number of para-hydroxylation sites is 2. The van der Waals surface area contributed by atoms with Gasteiger partial charge in [-0.3, -0.25) is 9.69 Å². The summed E-state index contributed by atoms with van der Waals surface area (Å²) in [6.07, 6.45) is 0. The largest absolute Gasteiger partial charge is 0.314 e. The van der Waals surface area contributed by atoms with Crippen LogP contribution in [0.15, 0.2) is 54.6 Å². The number of hydrogen-bond donors (Lipinski definition) is 0. The lowest BCUT2D eigenvalue weighted by Crippen LogP contribution is -2.43. The molecule has 3 rings (SSSR count). The molecule has 0 aliphatic carbocycles. The van der Waals surface area contributed by atoms with Crippen LogP contribution in [-0.2, 0) is 11.3 Å². The highest BCUT2D eigenvalue weighted by Crippen LogP contribution is 2.23. The zero-order chi connectivity index (χ0) is 17.1. The Morgan fingerprint density at radius 1 is 1.08 bits per heavy atom. The van der Waals surface area contributed by atoms with Gasteiger partial charge in [-0.05, 0) is 38.2 Å². The fraction of sp³-hybridized carbons (Fsp3) is 0.263. The average molecular weight is 339 g/mol. The lowest BCUT2D eigenvalue weighted by Gasteiger charge is -2.27. The molecule has 1 heterocycles. The first-order valence-electron chi connectivity index (χ1n) is 7.93. The molecule has 0 N–H and O–H groups in total. The monoisotopic (exact) mass is 339 g/mol. The predicted octanol–water partition coefficient (Wildman–Crippen LogP) is 3.78. The molecule has 0 spiro atoms. The highest BCUT2D eigenvalue weighted by molar-refractivity contribution is 7.18. The molecule has 0 bridgehead atoms. The van der Waals surface area contributed by atoms with E-state index in [0.717, 1.165) is 16.2 Å². The van der Waals surface area contributed by atoms with Crippen molar-refractivity contribution in [2.24, 2.45) is 0 Å². The summed E-state index contributed by atoms with van der Waals surface area (Å²) < 4.78 is 1.18. The van der Waals surface area contributed by atoms with Gasteiger partial charge in [0.05, 0.1) is 22.8 Å². The highest BCUT2D eigenvalue weighted by atomic mass is 32.1. The lowest BCUT2D eigenvalue weighted by atomic mass is 10.2. The van der Waals surface area contributed by atoms with Gasteiger partial charge in [0.2, 0.25) is 5.91 Å². The maximum absolute atomic E-state index is 12.7. The summed E-state index contributed by atoms with van der Waals surface area (Å²) in [7, 11) is 3.78. The molecular weight excluding hydrogens is 318 g/mol. The Labute approximate surface area is 146 Å². The SMILES string of the molecule is CC(C(=O)N(C)c1ccccc1)N(C)Cc1nc2ccccc2s1. The van der Waals surface area contributed by atoms with Gasteiger partial charge in [0.15, 0.2) is 0 Å². The van der Waals surface area contributed by atoms with Crippen LogP contribution in [0.1, 0.15) is 11.9 Å². The lowest BCUT2D eigenvalue weighted by molar-refractivity contribution is -0.122. The van der Waals surface area contributed by atoms with Crippen LogP contribution >= 0.6 is 11.3 Å². The van der Waals surface area contributed by atoms with Gasteiger partial charge in [0.25, 0.3) is 0 Å². The fourth-order valence-electron chi connectivity index (χ4n) is 2.59. The van der Waals surface area contributed by atoms with Crippen LogP contribution in [0.2, 0.25) is 0 Å². The van der Waals surface area contributed by atoms with Crippen LogP contribution in [0.4, 0.5) is 5.69 Å². The number of nitrogens with zero attached hydrogens (tertiary/aromatic N) is 3. The van der Waals surface area contributed by atoms with Crippen molar-refractivity contribution in [3.05, 3.63) is 59.6 Å². The van der Waals surface area contributed by atoms with Crippen LogP contribution in [0.3, 0.4) is 0 Å². The summed E-state index contributed by atoms with van der Waals surface area (Å²) in [4.78, 5) is 21.1. The molecule has 124 valence electrons. The molecule has 3 aromatic rings. The van der Waals surface area contributed by atoms with E-state index in [0.29, 0.717) is 6.54 Å². The van der Waals surface area contributed by atoms with Crippen LogP contribution < -0.4 is 4.90 Å². The summed E-state index contributed by atoms with van der Waals surface area (Å²) in [5.41, 5.74) is 1.93. The number of thiazole rings is 1. The second kappa shape index (κ2) is 7.11. The second-order valence-corrected chi connectivity index (χ2v) is 7.01. The van der Waals surface area contributed by atoms with E-state index in [1.54, 1.807) is 16.2 Å². The Morgan fingerprint density at radius 2 is 1.75 bits per heavy atom. The van der Waals surface area contributed by atoms with Crippen LogP contribution in [0.5, 0.6) is 0 Å². The van der Waals surface area contributed by atoms with E-state index in [9.17, 15) is 4.79 Å². The van der Waals surface area contributed by atoms with Gasteiger partial charge in [0.1, 0.15) is 5.01 Å². The van der Waals surface area contributed by atoms with Crippen molar-refractivity contribution in [1.82, 2.24) is 9.88 Å². The van der Waals surface area contributed by atoms with Crippen molar-refractivity contribution in [1.29, 1.82) is 0 Å². The maximum atomic E-state index is 12.7. The number of carbonyl (C=O) groups is 1. The number of aromatic nitrogens is 1. The van der Waals surface area contributed by atoms with Gasteiger partial charge in [-0.25, -0.2) is 4.98 Å². The molecule has 1 unspecified atom stereocenters. The van der Waals surface area contributed by atoms with Crippen molar-refractivity contribution in [2.75, 3.05) is 19.0 Å². The normalized spacial score (nSPS) is 12.5. The highest BCUT2D eigenvalue weighted by Gasteiger charge is 2.23. The molecule has 1 atom stereocenters. The Kier molecular flexibility index (Phi) is 4.92. The standard InChI is InChI=1S/C19H21N3OS/c1-14(19(23)22(3)15-9-5-4-6-10-15)21(2)13-18-20-16-11-7-8-12-17(16)24-18/h4-12,14H,13H2,1-3H3. The van der Waals surface area contributed by atoms with Gasteiger partial charge in [-0.15, -0.1) is 11.3 Å². The quantitative estimate of drug-likeness (QED) is 0.710. The topological polar surface area (TPSA) is 36.4 Å². The Balaban J connectivity index is 1.69. The van der Waals surface area contributed by atoms with E-state index in [-0.39, 0.29) is 11.9 Å². The number of anilines is 1. The Hall–Kier alpha value is -2.24. The summed E-state index contributed by atoms with van der Waals surface area (Å²) in [5.74, 6) is 0.0739. The fourth-order valence-corrected chi connectivity index (χ4v) is 3.62. The minimum Gasteiger partial charge on any atom is -0.314 e. The maximum Gasteiger partial charge on any atom is 0.243 e. The van der Waals surface area contributed by atoms with Crippen molar-refractivity contribution in [3.8, 4) is 0 Å². The van der Waals surface area contributed by atoms with Crippen LogP contribution in [0, 0.1) is 0 Å². The zero-order valence-electron chi connectivity index (χ0n) is 14.1. The molecule has 2 aromatic carbocycles. The zero-order valence-corrected chi connectivity index (χ0v) is 15.0. The number of amides is 1. The first-order valence-corrected chi connectivity index (χ1v) is 8.75. The van der Waals surface area contributed by atoms with Crippen LogP contribution in [-0.4, -0.2) is 35.9 Å². The van der Waals surface area contributed by atoms with Gasteiger partial charge in [-0.2, -0.15) is 0 Å². The first-order chi connectivity index (χ1) is 11.6. The van der Waals surface area contributed by atoms with Crippen molar-refractivity contribution in [2.45, 2.75) is 19.5 Å². The Bertz CT molecular complexity index is 798. The summed E-state index contributed by atoms with van der Waals surface area (Å²) >= 11 is 1.68. The van der Waals surface area contributed by atoms with Crippen molar-refractivity contribution in [3.63, 3.8) is 0 Å². The van der Waals surface area contributed by atoms with Crippen LogP contribution in [0.25, 0.3) is 10.2 Å². The van der Waals surface area contributed by atoms with Gasteiger partial charge in [0, 0.05) is 12.7 Å². The molecular formula is C19H21N3OS. The van der Waals surface area contributed by atoms with Gasteiger partial charge in [-0.1, -0.05) is 30.3 Å². The number of rotatable bonds is 5. The molecule has 1 amide bonds. The predicted molar refractivity (Wildman–Crippen MR) is 100 cm³/mol. The first kappa shape index (κ1) is 16.6. The smallest absolute Gasteiger partial charge is 0.243 e. The molecule has 4 nitrogen and oxygen atoms in total. The third-order valence-corrected chi connectivity index (χ3v) is 5.24. The summed E-state index contributed by atoms with van der Waals surface area (Å²) in [5, 5.41) is 1.03. The molecule has 0 aliphatic rings. The minimum absolute atomic E-state index is 0.0739. The van der Waals surface area contributed by atoms with E-state index < -0.39 is 0 Å². The number of likely N-dealkylation sites (N-methyl/N-ethyl adjacent to an activating group) is 2. The van der Waals surface area contributed by atoms with Crippen molar-refractivity contribution < 1.29 is 4.79 Å². The molecule has 0 saturated carbocycles. The average Bonchev–Trinajstić information content (AvgIpc) is 3.02. The van der Waals surface area contributed by atoms with Gasteiger partial charge >= 0.3 is 0 Å². The molecule has 0 radical (unpaired) electrons. The summed E-state index contributed by atoms with van der Waals surface area (Å²) in [6, 6.07) is 17.6. The number of benzene rings is 2. The van der Waals surface area contributed by atoms with E-state index >= 15 is 0 Å². The third kappa shape index (κ3) is 3.47. The summed E-state index contributed by atoms with van der Waals surface area (Å²) in [6.45, 7) is 2.60. The molecule has 1 aromatic heterocycles. The molecule has 0 aliphatic heterocycles. The van der Waals surface area contributed by atoms with E-state index in [1.165, 1.54) is 4.70 Å². The number of hydrogen-bond acceptors (Lipinski definition) is 4. The minimum atomic E-state index is -0.220. The van der Waals surface area contributed by atoms with E-state index in [4.69, 9.17) is 0 Å². The Morgan fingerprint density at radius 3 is 2.46 bits per heavy atom. The van der Waals surface area contributed by atoms with Crippen molar-refractivity contribution >= 4 is 33.1 Å². The van der Waals surface area contributed by atoms with E-state index in [1.807, 2.05) is 74.4 Å². The number of fused-ring (bicyclic) bond motifs is 1. The molecule has 0 saturated heterocycles. The molecule has 0 fully saturated rings. The van der Waals surface area contributed by atoms with Gasteiger partial charge < -0.3 is 4.90 Å². The number of carbonyl (C=O) groups excluding carboxylic acids is 1. The third-order valence-electron chi connectivity index (χ3n) is 4.22.